The van der Waals surface area contributed by atoms with E-state index in [9.17, 15) is 9.90 Å². The Balaban J connectivity index is 2.11. The highest BCUT2D eigenvalue weighted by molar-refractivity contribution is 6.35. The van der Waals surface area contributed by atoms with Crippen LogP contribution in [-0.2, 0) is 7.05 Å². The van der Waals surface area contributed by atoms with Gasteiger partial charge in [-0.3, -0.25) is 9.48 Å². The second kappa shape index (κ2) is 8.59. The van der Waals surface area contributed by atoms with Crippen molar-refractivity contribution in [1.82, 2.24) is 9.78 Å². The molecule has 0 radical (unpaired) electrons. The predicted octanol–water partition coefficient (Wildman–Crippen LogP) is 5.01. The Kier molecular flexibility index (Phi) is 6.15. The second-order valence-corrected chi connectivity index (χ2v) is 6.93. The van der Waals surface area contributed by atoms with E-state index >= 15 is 0 Å². The molecule has 1 heterocycles. The number of phenolic OH excluding ortho intramolecular Hbond substituents is 1. The van der Waals surface area contributed by atoms with Crippen LogP contribution in [0.25, 0.3) is 17.3 Å². The number of ketones is 1. The normalized spacial score (nSPS) is 11.1. The van der Waals surface area contributed by atoms with Crippen LogP contribution in [0.2, 0.25) is 10.0 Å². The first kappa shape index (κ1) is 20.8. The predicted molar refractivity (Wildman–Crippen MR) is 113 cm³/mol. The standard InChI is InChI=1S/C21H18Cl2N2O4/c1-25-15(8-9-24-25)19-17(28-2)11-18(29-3)20(21(19)27)16(26)7-5-12-4-6-13(22)10-14(12)23/h4-11,27H,1-3H3/b7-5+. The molecule has 0 saturated carbocycles. The number of aryl methyl sites for hydroxylation is 1. The van der Waals surface area contributed by atoms with Crippen LogP contribution in [-0.4, -0.2) is 34.9 Å². The van der Waals surface area contributed by atoms with Gasteiger partial charge in [0.25, 0.3) is 0 Å². The topological polar surface area (TPSA) is 73.6 Å². The number of allylic oxidation sites excluding steroid dienone is 1. The van der Waals surface area contributed by atoms with Crippen molar-refractivity contribution in [3.63, 3.8) is 0 Å². The van der Waals surface area contributed by atoms with E-state index in [4.69, 9.17) is 32.7 Å². The van der Waals surface area contributed by atoms with Crippen molar-refractivity contribution < 1.29 is 19.4 Å². The maximum atomic E-state index is 12.9. The molecule has 0 aliphatic heterocycles. The number of phenols is 1. The number of hydrogen-bond acceptors (Lipinski definition) is 5. The quantitative estimate of drug-likeness (QED) is 0.437. The van der Waals surface area contributed by atoms with Crippen LogP contribution in [0.1, 0.15) is 15.9 Å². The summed E-state index contributed by atoms with van der Waals surface area (Å²) in [7, 11) is 4.61. The lowest BCUT2D eigenvalue weighted by atomic mass is 9.99. The molecule has 0 saturated heterocycles. The minimum Gasteiger partial charge on any atom is -0.506 e. The van der Waals surface area contributed by atoms with E-state index < -0.39 is 5.78 Å². The zero-order valence-electron chi connectivity index (χ0n) is 15.9. The minimum absolute atomic E-state index is 0.00540. The van der Waals surface area contributed by atoms with E-state index in [1.54, 1.807) is 54.3 Å². The third kappa shape index (κ3) is 4.09. The lowest BCUT2D eigenvalue weighted by Crippen LogP contribution is -2.04. The average molecular weight is 433 g/mol. The summed E-state index contributed by atoms with van der Waals surface area (Å²) in [6, 6.07) is 8.21. The molecule has 3 aromatic rings. The zero-order chi connectivity index (χ0) is 21.1. The van der Waals surface area contributed by atoms with Crippen molar-refractivity contribution in [2.45, 2.75) is 0 Å². The van der Waals surface area contributed by atoms with Gasteiger partial charge in [-0.05, 0) is 35.9 Å². The van der Waals surface area contributed by atoms with Crippen molar-refractivity contribution in [3.05, 3.63) is 63.8 Å². The molecule has 0 amide bonds. The Bertz CT molecular complexity index is 1110. The van der Waals surface area contributed by atoms with Gasteiger partial charge >= 0.3 is 0 Å². The van der Waals surface area contributed by atoms with Gasteiger partial charge in [-0.25, -0.2) is 0 Å². The summed E-state index contributed by atoms with van der Waals surface area (Å²) in [6.45, 7) is 0. The number of nitrogens with zero attached hydrogens (tertiary/aromatic N) is 2. The SMILES string of the molecule is COc1cc(OC)c(-c2ccnn2C)c(O)c1C(=O)/C=C/c1ccc(Cl)cc1Cl. The van der Waals surface area contributed by atoms with Gasteiger partial charge in [0, 0.05) is 29.4 Å². The van der Waals surface area contributed by atoms with E-state index in [1.807, 2.05) is 0 Å². The van der Waals surface area contributed by atoms with Crippen LogP contribution in [0.5, 0.6) is 17.2 Å². The summed E-state index contributed by atoms with van der Waals surface area (Å²) >= 11 is 12.1. The number of hydrogen-bond donors (Lipinski definition) is 1. The number of carbonyl (C=O) groups is 1. The number of aromatic nitrogens is 2. The first-order chi connectivity index (χ1) is 13.9. The fraction of sp³-hybridized carbons (Fsp3) is 0.143. The van der Waals surface area contributed by atoms with E-state index in [-0.39, 0.29) is 17.1 Å². The van der Waals surface area contributed by atoms with Crippen LogP contribution in [0.15, 0.2) is 42.6 Å². The molecular formula is C21H18Cl2N2O4. The third-order valence-electron chi connectivity index (χ3n) is 4.37. The van der Waals surface area contributed by atoms with Crippen molar-refractivity contribution in [1.29, 1.82) is 0 Å². The number of rotatable bonds is 6. The van der Waals surface area contributed by atoms with Crippen LogP contribution in [0.4, 0.5) is 0 Å². The Labute approximate surface area is 177 Å². The van der Waals surface area contributed by atoms with E-state index in [2.05, 4.69) is 5.10 Å². The van der Waals surface area contributed by atoms with Gasteiger partial charge in [0.05, 0.1) is 25.5 Å². The van der Waals surface area contributed by atoms with Gasteiger partial charge in [-0.15, -0.1) is 0 Å². The molecule has 29 heavy (non-hydrogen) atoms. The van der Waals surface area contributed by atoms with E-state index in [0.717, 1.165) is 0 Å². The molecular weight excluding hydrogens is 415 g/mol. The molecule has 0 bridgehead atoms. The minimum atomic E-state index is -0.462. The smallest absolute Gasteiger partial charge is 0.193 e. The number of carbonyl (C=O) groups excluding carboxylic acids is 1. The maximum Gasteiger partial charge on any atom is 0.193 e. The Morgan fingerprint density at radius 1 is 1.14 bits per heavy atom. The third-order valence-corrected chi connectivity index (χ3v) is 4.93. The highest BCUT2D eigenvalue weighted by Crippen LogP contribution is 2.45. The summed E-state index contributed by atoms with van der Waals surface area (Å²) in [5.41, 5.74) is 1.55. The molecule has 0 spiro atoms. The molecule has 150 valence electrons. The van der Waals surface area contributed by atoms with Crippen LogP contribution >= 0.6 is 23.2 Å². The van der Waals surface area contributed by atoms with E-state index in [1.165, 1.54) is 20.3 Å². The second-order valence-electron chi connectivity index (χ2n) is 6.08. The number of benzene rings is 2. The highest BCUT2D eigenvalue weighted by Gasteiger charge is 2.25. The fourth-order valence-electron chi connectivity index (χ4n) is 2.93. The van der Waals surface area contributed by atoms with Crippen LogP contribution in [0.3, 0.4) is 0 Å². The molecule has 6 nitrogen and oxygen atoms in total. The summed E-state index contributed by atoms with van der Waals surface area (Å²) in [5.74, 6) is -0.190. The van der Waals surface area contributed by atoms with Crippen molar-refractivity contribution in [3.8, 4) is 28.5 Å². The molecule has 0 aliphatic carbocycles. The molecule has 3 rings (SSSR count). The number of ether oxygens (including phenoxy) is 2. The summed E-state index contributed by atoms with van der Waals surface area (Å²) in [4.78, 5) is 12.9. The lowest BCUT2D eigenvalue weighted by molar-refractivity contribution is 0.104. The van der Waals surface area contributed by atoms with E-state index in [0.29, 0.717) is 32.6 Å². The first-order valence-corrected chi connectivity index (χ1v) is 9.26. The lowest BCUT2D eigenvalue weighted by Gasteiger charge is -2.16. The molecule has 0 fully saturated rings. The first-order valence-electron chi connectivity index (χ1n) is 8.51. The largest absolute Gasteiger partial charge is 0.506 e. The van der Waals surface area contributed by atoms with Gasteiger partial charge in [-0.2, -0.15) is 5.10 Å². The Morgan fingerprint density at radius 2 is 1.86 bits per heavy atom. The molecule has 8 heteroatoms. The van der Waals surface area contributed by atoms with Gasteiger partial charge in [0.2, 0.25) is 0 Å². The fourth-order valence-corrected chi connectivity index (χ4v) is 3.41. The molecule has 1 N–H and O–H groups in total. The van der Waals surface area contributed by atoms with Crippen LogP contribution < -0.4 is 9.47 Å². The average Bonchev–Trinajstić information content (AvgIpc) is 3.11. The Hall–Kier alpha value is -2.96. The van der Waals surface area contributed by atoms with Gasteiger partial charge in [0.15, 0.2) is 5.78 Å². The molecule has 0 atom stereocenters. The molecule has 2 aromatic carbocycles. The number of methoxy groups -OCH3 is 2. The summed E-state index contributed by atoms with van der Waals surface area (Å²) < 4.78 is 12.3. The molecule has 0 aliphatic rings. The van der Waals surface area contributed by atoms with Crippen molar-refractivity contribution in [2.75, 3.05) is 14.2 Å². The van der Waals surface area contributed by atoms with Gasteiger partial charge in [0.1, 0.15) is 22.8 Å². The number of aromatic hydroxyl groups is 1. The maximum absolute atomic E-state index is 12.9. The van der Waals surface area contributed by atoms with Gasteiger partial charge < -0.3 is 14.6 Å². The van der Waals surface area contributed by atoms with Crippen molar-refractivity contribution >= 4 is 35.1 Å². The molecule has 1 aromatic heterocycles. The van der Waals surface area contributed by atoms with Crippen molar-refractivity contribution in [2.24, 2.45) is 7.05 Å². The Morgan fingerprint density at radius 3 is 2.45 bits per heavy atom. The zero-order valence-corrected chi connectivity index (χ0v) is 17.5. The monoisotopic (exact) mass is 432 g/mol. The highest BCUT2D eigenvalue weighted by atomic mass is 35.5. The number of halogens is 2. The summed E-state index contributed by atoms with van der Waals surface area (Å²) in [6.07, 6.45) is 4.45. The van der Waals surface area contributed by atoms with Gasteiger partial charge in [-0.1, -0.05) is 29.3 Å². The molecule has 0 unspecified atom stereocenters. The summed E-state index contributed by atoms with van der Waals surface area (Å²) in [5, 5.41) is 16.0. The van der Waals surface area contributed by atoms with Crippen LogP contribution in [0, 0.1) is 0 Å².